The molecule has 80 valence electrons. The van der Waals surface area contributed by atoms with Gasteiger partial charge in [0.25, 0.3) is 0 Å². The number of hydrogen-bond acceptors (Lipinski definition) is 2. The van der Waals surface area contributed by atoms with Gasteiger partial charge in [-0.25, -0.2) is 0 Å². The van der Waals surface area contributed by atoms with Crippen LogP contribution in [0, 0.1) is 0 Å². The van der Waals surface area contributed by atoms with Crippen molar-refractivity contribution in [2.75, 3.05) is 7.05 Å². The summed E-state index contributed by atoms with van der Waals surface area (Å²) >= 11 is 0. The number of rotatable bonds is 2. The van der Waals surface area contributed by atoms with Gasteiger partial charge in [0.15, 0.2) is 0 Å². The third kappa shape index (κ3) is 2.22. The van der Waals surface area contributed by atoms with E-state index in [1.54, 1.807) is 6.07 Å². The molecule has 0 aliphatic rings. The van der Waals surface area contributed by atoms with E-state index in [-0.39, 0.29) is 12.4 Å². The topological polar surface area (TPSA) is 32.3 Å². The number of hydrogen-bond donors (Lipinski definition) is 2. The highest BCUT2D eigenvalue weighted by molar-refractivity contribution is 5.87. The Balaban J connectivity index is 0.00000112. The minimum absolute atomic E-state index is 0. The second-order valence-corrected chi connectivity index (χ2v) is 3.31. The average Bonchev–Trinajstić information content (AvgIpc) is 2.23. The van der Waals surface area contributed by atoms with Gasteiger partial charge >= 0.3 is 0 Å². The number of benzene rings is 2. The first-order valence-corrected chi connectivity index (χ1v) is 4.67. The van der Waals surface area contributed by atoms with E-state index in [1.165, 1.54) is 0 Å². The van der Waals surface area contributed by atoms with Crippen LogP contribution in [0.3, 0.4) is 0 Å². The summed E-state index contributed by atoms with van der Waals surface area (Å²) in [7, 11) is 1.88. The lowest BCUT2D eigenvalue weighted by molar-refractivity contribution is 0.467. The highest BCUT2D eigenvalue weighted by Crippen LogP contribution is 2.26. The van der Waals surface area contributed by atoms with Gasteiger partial charge in [-0.1, -0.05) is 30.3 Å². The Morgan fingerprint density at radius 1 is 1.13 bits per heavy atom. The number of fused-ring (bicyclic) bond motifs is 1. The van der Waals surface area contributed by atoms with Crippen molar-refractivity contribution in [3.05, 3.63) is 42.0 Å². The van der Waals surface area contributed by atoms with E-state index in [2.05, 4.69) is 5.32 Å². The molecule has 0 spiro atoms. The Hall–Kier alpha value is -1.25. The van der Waals surface area contributed by atoms with Crippen molar-refractivity contribution in [1.82, 2.24) is 5.32 Å². The highest BCUT2D eigenvalue weighted by atomic mass is 35.5. The Labute approximate surface area is 95.3 Å². The van der Waals surface area contributed by atoms with Gasteiger partial charge in [-0.05, 0) is 23.9 Å². The van der Waals surface area contributed by atoms with E-state index in [4.69, 9.17) is 0 Å². The summed E-state index contributed by atoms with van der Waals surface area (Å²) in [5.41, 5.74) is 0.964. The monoisotopic (exact) mass is 223 g/mol. The largest absolute Gasteiger partial charge is 0.508 e. The van der Waals surface area contributed by atoms with Crippen LogP contribution in [-0.4, -0.2) is 12.2 Å². The molecular weight excluding hydrogens is 210 g/mol. The number of phenols is 1. The average molecular weight is 224 g/mol. The third-order valence-corrected chi connectivity index (χ3v) is 2.37. The lowest BCUT2D eigenvalue weighted by Gasteiger charge is -2.07. The molecule has 2 aromatic carbocycles. The lowest BCUT2D eigenvalue weighted by atomic mass is 10.0. The molecule has 0 saturated carbocycles. The summed E-state index contributed by atoms with van der Waals surface area (Å²) in [6.45, 7) is 0.688. The van der Waals surface area contributed by atoms with Crippen molar-refractivity contribution < 1.29 is 5.11 Å². The fraction of sp³-hybridized carbons (Fsp3) is 0.167. The normalized spacial score (nSPS) is 9.93. The minimum Gasteiger partial charge on any atom is -0.508 e. The van der Waals surface area contributed by atoms with Crippen molar-refractivity contribution in [2.45, 2.75) is 6.54 Å². The SMILES string of the molecule is CNCc1c(O)ccc2ccccc12.Cl. The van der Waals surface area contributed by atoms with Gasteiger partial charge in [0.2, 0.25) is 0 Å². The molecule has 0 unspecified atom stereocenters. The van der Waals surface area contributed by atoms with Crippen molar-refractivity contribution in [3.63, 3.8) is 0 Å². The van der Waals surface area contributed by atoms with E-state index in [9.17, 15) is 5.11 Å². The van der Waals surface area contributed by atoms with Gasteiger partial charge in [0.1, 0.15) is 5.75 Å². The molecule has 0 aliphatic carbocycles. The summed E-state index contributed by atoms with van der Waals surface area (Å²) < 4.78 is 0. The van der Waals surface area contributed by atoms with Crippen LogP contribution in [0.1, 0.15) is 5.56 Å². The Bertz CT molecular complexity index is 456. The van der Waals surface area contributed by atoms with Crippen LogP contribution in [0.4, 0.5) is 0 Å². The molecule has 2 N–H and O–H groups in total. The zero-order chi connectivity index (χ0) is 9.97. The minimum atomic E-state index is 0. The maximum absolute atomic E-state index is 9.70. The molecule has 0 bridgehead atoms. The van der Waals surface area contributed by atoms with Gasteiger partial charge in [-0.3, -0.25) is 0 Å². The number of phenolic OH excluding ortho intramolecular Hbond substituents is 1. The Morgan fingerprint density at radius 2 is 1.87 bits per heavy atom. The predicted octanol–water partition coefficient (Wildman–Crippen LogP) is 2.69. The number of halogens is 1. The summed E-state index contributed by atoms with van der Waals surface area (Å²) in [4.78, 5) is 0. The van der Waals surface area contributed by atoms with Gasteiger partial charge < -0.3 is 10.4 Å². The Morgan fingerprint density at radius 3 is 2.60 bits per heavy atom. The molecule has 3 heteroatoms. The molecule has 2 rings (SSSR count). The van der Waals surface area contributed by atoms with E-state index < -0.39 is 0 Å². The summed E-state index contributed by atoms with van der Waals surface area (Å²) in [5, 5.41) is 15.0. The summed E-state index contributed by atoms with van der Waals surface area (Å²) in [6, 6.07) is 11.7. The van der Waals surface area contributed by atoms with Crippen molar-refractivity contribution in [1.29, 1.82) is 0 Å². The second-order valence-electron chi connectivity index (χ2n) is 3.31. The molecule has 2 nitrogen and oxygen atoms in total. The van der Waals surface area contributed by atoms with Gasteiger partial charge in [-0.2, -0.15) is 0 Å². The van der Waals surface area contributed by atoms with E-state index in [0.29, 0.717) is 12.3 Å². The number of aromatic hydroxyl groups is 1. The quantitative estimate of drug-likeness (QED) is 0.821. The molecule has 0 fully saturated rings. The smallest absolute Gasteiger partial charge is 0.120 e. The molecule has 15 heavy (non-hydrogen) atoms. The van der Waals surface area contributed by atoms with E-state index in [1.807, 2.05) is 37.4 Å². The maximum Gasteiger partial charge on any atom is 0.120 e. The van der Waals surface area contributed by atoms with Crippen molar-refractivity contribution >= 4 is 23.2 Å². The summed E-state index contributed by atoms with van der Waals surface area (Å²) in [6.07, 6.45) is 0. The molecule has 0 atom stereocenters. The van der Waals surface area contributed by atoms with Gasteiger partial charge in [0.05, 0.1) is 0 Å². The molecule has 0 amide bonds. The van der Waals surface area contributed by atoms with Crippen LogP contribution in [-0.2, 0) is 6.54 Å². The van der Waals surface area contributed by atoms with Crippen molar-refractivity contribution in [3.8, 4) is 5.75 Å². The van der Waals surface area contributed by atoms with E-state index >= 15 is 0 Å². The first kappa shape index (κ1) is 11.8. The van der Waals surface area contributed by atoms with Crippen LogP contribution in [0.5, 0.6) is 5.75 Å². The standard InChI is InChI=1S/C12H13NO.ClH/c1-13-8-11-10-5-3-2-4-9(10)6-7-12(11)14;/h2-7,13-14H,8H2,1H3;1H. The molecule has 0 aliphatic heterocycles. The second kappa shape index (κ2) is 5.01. The number of nitrogens with one attached hydrogen (secondary N) is 1. The molecule has 0 aromatic heterocycles. The van der Waals surface area contributed by atoms with Crippen LogP contribution < -0.4 is 5.32 Å². The molecule has 2 aromatic rings. The van der Waals surface area contributed by atoms with E-state index in [0.717, 1.165) is 16.3 Å². The lowest BCUT2D eigenvalue weighted by Crippen LogP contribution is -2.05. The van der Waals surface area contributed by atoms with Crippen LogP contribution in [0.15, 0.2) is 36.4 Å². The van der Waals surface area contributed by atoms with Crippen LogP contribution in [0.2, 0.25) is 0 Å². The Kier molecular flexibility index (Phi) is 3.95. The fourth-order valence-electron chi connectivity index (χ4n) is 1.69. The first-order chi connectivity index (χ1) is 6.83. The maximum atomic E-state index is 9.70. The molecule has 0 radical (unpaired) electrons. The first-order valence-electron chi connectivity index (χ1n) is 4.67. The van der Waals surface area contributed by atoms with Gasteiger partial charge in [-0.15, -0.1) is 12.4 Å². The molecular formula is C12H14ClNO. The third-order valence-electron chi connectivity index (χ3n) is 2.37. The van der Waals surface area contributed by atoms with Crippen LogP contribution in [0.25, 0.3) is 10.8 Å². The molecule has 0 saturated heterocycles. The van der Waals surface area contributed by atoms with Crippen molar-refractivity contribution in [2.24, 2.45) is 0 Å². The van der Waals surface area contributed by atoms with Gasteiger partial charge in [0, 0.05) is 12.1 Å². The molecule has 0 heterocycles. The predicted molar refractivity (Wildman–Crippen MR) is 65.6 cm³/mol. The van der Waals surface area contributed by atoms with Crippen LogP contribution >= 0.6 is 12.4 Å². The zero-order valence-corrected chi connectivity index (χ0v) is 9.34. The zero-order valence-electron chi connectivity index (χ0n) is 8.53. The summed E-state index contributed by atoms with van der Waals surface area (Å²) in [5.74, 6) is 0.359. The fourth-order valence-corrected chi connectivity index (χ4v) is 1.69. The highest BCUT2D eigenvalue weighted by Gasteiger charge is 2.04.